The maximum atomic E-state index is 11.7. The molecule has 0 atom stereocenters. The predicted octanol–water partition coefficient (Wildman–Crippen LogP) is 5.78. The molecule has 4 nitrogen and oxygen atoms in total. The summed E-state index contributed by atoms with van der Waals surface area (Å²) in [6, 6.07) is 24.0. The first-order valence-electron chi connectivity index (χ1n) is 9.48. The molecule has 0 amide bonds. The van der Waals surface area contributed by atoms with Gasteiger partial charge in [0.2, 0.25) is 0 Å². The maximum Gasteiger partial charge on any atom is 0.337 e. The fourth-order valence-corrected chi connectivity index (χ4v) is 3.64. The van der Waals surface area contributed by atoms with E-state index in [1.165, 1.54) is 12.5 Å². The van der Waals surface area contributed by atoms with Gasteiger partial charge in [-0.25, -0.2) is 4.79 Å². The van der Waals surface area contributed by atoms with Crippen molar-refractivity contribution in [3.63, 3.8) is 0 Å². The Labute approximate surface area is 170 Å². The number of benzene rings is 3. The largest absolute Gasteiger partial charge is 0.465 e. The van der Waals surface area contributed by atoms with Crippen LogP contribution in [0.5, 0.6) is 0 Å². The number of nitrogens with zero attached hydrogens (tertiary/aromatic N) is 2. The molecule has 0 saturated heterocycles. The van der Waals surface area contributed by atoms with Gasteiger partial charge < -0.3 is 9.30 Å². The molecule has 0 bridgehead atoms. The van der Waals surface area contributed by atoms with Crippen molar-refractivity contribution in [2.45, 2.75) is 13.8 Å². The highest BCUT2D eigenvalue weighted by atomic mass is 16.5. The zero-order chi connectivity index (χ0) is 20.4. The summed E-state index contributed by atoms with van der Waals surface area (Å²) in [5, 5.41) is 2.32. The molecule has 29 heavy (non-hydrogen) atoms. The summed E-state index contributed by atoms with van der Waals surface area (Å²) < 4.78 is 6.93. The molecule has 4 rings (SSSR count). The van der Waals surface area contributed by atoms with Crippen molar-refractivity contribution in [1.82, 2.24) is 4.57 Å². The molecule has 144 valence electrons. The van der Waals surface area contributed by atoms with Crippen molar-refractivity contribution in [1.29, 1.82) is 0 Å². The van der Waals surface area contributed by atoms with Crippen molar-refractivity contribution >= 4 is 28.6 Å². The molecule has 0 saturated carbocycles. The van der Waals surface area contributed by atoms with Crippen LogP contribution in [0.2, 0.25) is 0 Å². The first-order valence-corrected chi connectivity index (χ1v) is 9.48. The number of hydrogen-bond donors (Lipinski definition) is 0. The van der Waals surface area contributed by atoms with Gasteiger partial charge in [0, 0.05) is 34.2 Å². The number of carbonyl (C=O) groups excluding carboxylic acids is 1. The lowest BCUT2D eigenvalue weighted by atomic mass is 10.1. The molecule has 0 aliphatic heterocycles. The third-order valence-corrected chi connectivity index (χ3v) is 5.13. The second-order valence-electron chi connectivity index (χ2n) is 6.96. The second-order valence-corrected chi connectivity index (χ2v) is 6.96. The number of esters is 1. The molecular formula is C25H22N2O2. The zero-order valence-electron chi connectivity index (χ0n) is 16.7. The fraction of sp³-hybridized carbons (Fsp3) is 0.120. The Bertz CT molecular complexity index is 1210. The quantitative estimate of drug-likeness (QED) is 0.331. The minimum atomic E-state index is -0.333. The minimum absolute atomic E-state index is 0.333. The number of ether oxygens (including phenoxy) is 1. The van der Waals surface area contributed by atoms with Gasteiger partial charge >= 0.3 is 5.97 Å². The maximum absolute atomic E-state index is 11.7. The summed E-state index contributed by atoms with van der Waals surface area (Å²) in [6.45, 7) is 4.14. The summed E-state index contributed by atoms with van der Waals surface area (Å²) in [5.41, 5.74) is 5.75. The van der Waals surface area contributed by atoms with Crippen LogP contribution in [0.1, 0.15) is 27.3 Å². The van der Waals surface area contributed by atoms with Crippen molar-refractivity contribution in [3.05, 3.63) is 95.3 Å². The van der Waals surface area contributed by atoms with Gasteiger partial charge in [0.15, 0.2) is 0 Å². The molecule has 4 heteroatoms. The topological polar surface area (TPSA) is 43.6 Å². The Hall–Kier alpha value is -3.66. The second kappa shape index (κ2) is 7.76. The highest BCUT2D eigenvalue weighted by Gasteiger charge is 2.11. The van der Waals surface area contributed by atoms with Crippen LogP contribution < -0.4 is 0 Å². The highest BCUT2D eigenvalue weighted by Crippen LogP contribution is 2.26. The number of hydrogen-bond acceptors (Lipinski definition) is 3. The lowest BCUT2D eigenvalue weighted by molar-refractivity contribution is 0.0601. The first-order chi connectivity index (χ1) is 14.1. The number of fused-ring (bicyclic) bond motifs is 1. The first kappa shape index (κ1) is 18.7. The molecule has 0 fully saturated rings. The van der Waals surface area contributed by atoms with E-state index >= 15 is 0 Å². The zero-order valence-corrected chi connectivity index (χ0v) is 16.7. The van der Waals surface area contributed by atoms with Gasteiger partial charge in [-0.15, -0.1) is 0 Å². The Morgan fingerprint density at radius 2 is 1.69 bits per heavy atom. The summed E-state index contributed by atoms with van der Waals surface area (Å²) in [5.74, 6) is -0.333. The Morgan fingerprint density at radius 3 is 2.45 bits per heavy atom. The van der Waals surface area contributed by atoms with Crippen LogP contribution >= 0.6 is 0 Å². The molecule has 0 radical (unpaired) electrons. The molecule has 4 aromatic rings. The van der Waals surface area contributed by atoms with Crippen LogP contribution in [0.3, 0.4) is 0 Å². The van der Waals surface area contributed by atoms with E-state index in [0.29, 0.717) is 5.56 Å². The van der Waals surface area contributed by atoms with E-state index in [4.69, 9.17) is 9.73 Å². The molecular weight excluding hydrogens is 360 g/mol. The average molecular weight is 382 g/mol. The van der Waals surface area contributed by atoms with Crippen LogP contribution in [-0.2, 0) is 4.74 Å². The summed E-state index contributed by atoms with van der Waals surface area (Å²) in [4.78, 5) is 16.4. The number of aromatic nitrogens is 1. The van der Waals surface area contributed by atoms with E-state index in [0.717, 1.165) is 33.7 Å². The summed E-state index contributed by atoms with van der Waals surface area (Å²) in [7, 11) is 1.39. The molecule has 1 heterocycles. The van der Waals surface area contributed by atoms with Gasteiger partial charge in [0.05, 0.1) is 18.4 Å². The predicted molar refractivity (Wildman–Crippen MR) is 118 cm³/mol. The van der Waals surface area contributed by atoms with E-state index in [-0.39, 0.29) is 5.97 Å². The number of aryl methyl sites for hydroxylation is 1. The van der Waals surface area contributed by atoms with Crippen molar-refractivity contribution in [2.75, 3.05) is 7.11 Å². The number of carbonyl (C=O) groups is 1. The highest BCUT2D eigenvalue weighted by molar-refractivity contribution is 5.95. The molecule has 1 aromatic heterocycles. The van der Waals surface area contributed by atoms with E-state index in [1.807, 2.05) is 42.6 Å². The number of aliphatic imine (C=N–C) groups is 1. The molecule has 0 aliphatic carbocycles. The molecule has 0 spiro atoms. The van der Waals surface area contributed by atoms with E-state index < -0.39 is 0 Å². The van der Waals surface area contributed by atoms with Gasteiger partial charge in [-0.05, 0) is 55.6 Å². The van der Waals surface area contributed by atoms with Crippen LogP contribution in [0.25, 0.3) is 16.5 Å². The van der Waals surface area contributed by atoms with E-state index in [9.17, 15) is 4.79 Å². The van der Waals surface area contributed by atoms with Crippen molar-refractivity contribution in [3.8, 4) is 5.69 Å². The molecule has 0 aliphatic rings. The van der Waals surface area contributed by atoms with E-state index in [2.05, 4.69) is 42.7 Å². The van der Waals surface area contributed by atoms with Crippen LogP contribution in [0.4, 0.5) is 5.69 Å². The fourth-order valence-electron chi connectivity index (χ4n) is 3.64. The lowest BCUT2D eigenvalue weighted by Gasteiger charge is -2.10. The van der Waals surface area contributed by atoms with Gasteiger partial charge in [0.1, 0.15) is 0 Å². The van der Waals surface area contributed by atoms with Gasteiger partial charge in [-0.1, -0.05) is 36.4 Å². The van der Waals surface area contributed by atoms with Gasteiger partial charge in [-0.3, -0.25) is 4.99 Å². The third kappa shape index (κ3) is 3.57. The number of rotatable bonds is 4. The van der Waals surface area contributed by atoms with Crippen molar-refractivity contribution in [2.24, 2.45) is 4.99 Å². The number of methoxy groups -OCH3 is 1. The Morgan fingerprint density at radius 1 is 0.966 bits per heavy atom. The Kier molecular flexibility index (Phi) is 5.00. The van der Waals surface area contributed by atoms with Crippen LogP contribution in [-0.4, -0.2) is 23.9 Å². The van der Waals surface area contributed by atoms with Crippen molar-refractivity contribution < 1.29 is 9.53 Å². The molecule has 3 aromatic carbocycles. The Balaban J connectivity index is 1.68. The standard InChI is InChI=1S/C25H22N2O2/c1-17-15-21(16-26-24-10-6-8-19-7-4-5-9-23(19)24)18(2)27(17)22-13-11-20(12-14-22)25(28)29-3/h4-16H,1-3H3. The minimum Gasteiger partial charge on any atom is -0.465 e. The monoisotopic (exact) mass is 382 g/mol. The lowest BCUT2D eigenvalue weighted by Crippen LogP contribution is -2.03. The van der Waals surface area contributed by atoms with Gasteiger partial charge in [0.25, 0.3) is 0 Å². The SMILES string of the molecule is COC(=O)c1ccc(-n2c(C)cc(C=Nc3cccc4ccccc34)c2C)cc1. The van der Waals surface area contributed by atoms with Gasteiger partial charge in [-0.2, -0.15) is 0 Å². The summed E-state index contributed by atoms with van der Waals surface area (Å²) in [6.07, 6.45) is 1.92. The van der Waals surface area contributed by atoms with Crippen LogP contribution in [0.15, 0.2) is 77.8 Å². The third-order valence-electron chi connectivity index (χ3n) is 5.13. The average Bonchev–Trinajstić information content (AvgIpc) is 3.04. The summed E-state index contributed by atoms with van der Waals surface area (Å²) >= 11 is 0. The smallest absolute Gasteiger partial charge is 0.337 e. The molecule has 0 unspecified atom stereocenters. The molecule has 0 N–H and O–H groups in total. The van der Waals surface area contributed by atoms with E-state index in [1.54, 1.807) is 12.1 Å². The van der Waals surface area contributed by atoms with Crippen LogP contribution in [0, 0.1) is 13.8 Å². The normalized spacial score (nSPS) is 11.3.